The summed E-state index contributed by atoms with van der Waals surface area (Å²) in [5, 5.41) is 0. The first-order chi connectivity index (χ1) is 8.56. The van der Waals surface area contributed by atoms with Crippen LogP contribution in [-0.4, -0.2) is 6.29 Å². The van der Waals surface area contributed by atoms with E-state index in [1.54, 1.807) is 0 Å². The van der Waals surface area contributed by atoms with E-state index in [1.165, 1.54) is 12.1 Å². The van der Waals surface area contributed by atoms with Crippen LogP contribution in [0.5, 0.6) is 0 Å². The van der Waals surface area contributed by atoms with Gasteiger partial charge in [-0.15, -0.1) is 0 Å². The normalized spacial score (nSPS) is 10.4. The van der Waals surface area contributed by atoms with Gasteiger partial charge in [-0.25, -0.2) is 17.6 Å². The fourth-order valence-electron chi connectivity index (χ4n) is 1.63. The maximum absolute atomic E-state index is 13.5. The summed E-state index contributed by atoms with van der Waals surface area (Å²) in [6.07, 6.45) is 0.200. The van der Waals surface area contributed by atoms with Crippen molar-refractivity contribution in [2.75, 3.05) is 0 Å². The van der Waals surface area contributed by atoms with E-state index < -0.39 is 28.8 Å². The van der Waals surface area contributed by atoms with Crippen molar-refractivity contribution in [3.63, 3.8) is 0 Å². The Kier molecular flexibility index (Phi) is 3.14. The van der Waals surface area contributed by atoms with Gasteiger partial charge in [0.1, 0.15) is 5.82 Å². The Morgan fingerprint density at radius 1 is 0.778 bits per heavy atom. The quantitative estimate of drug-likeness (QED) is 0.453. The van der Waals surface area contributed by atoms with Gasteiger partial charge in [-0.2, -0.15) is 0 Å². The summed E-state index contributed by atoms with van der Waals surface area (Å²) in [4.78, 5) is 10.8. The molecule has 5 heteroatoms. The molecule has 0 radical (unpaired) electrons. The Morgan fingerprint density at radius 2 is 1.50 bits per heavy atom. The van der Waals surface area contributed by atoms with Crippen LogP contribution in [0.25, 0.3) is 11.1 Å². The summed E-state index contributed by atoms with van der Waals surface area (Å²) in [5.74, 6) is -5.32. The van der Waals surface area contributed by atoms with Crippen molar-refractivity contribution in [2.45, 2.75) is 0 Å². The number of halogens is 4. The first kappa shape index (κ1) is 12.3. The molecule has 2 aromatic rings. The lowest BCUT2D eigenvalue weighted by Crippen LogP contribution is -1.98. The summed E-state index contributed by atoms with van der Waals surface area (Å²) in [6.45, 7) is 0. The number of benzene rings is 2. The van der Waals surface area contributed by atoms with E-state index in [4.69, 9.17) is 0 Å². The SMILES string of the molecule is O=Cc1c(F)cccc1-c1ccc(F)c(F)c1F. The molecule has 0 heterocycles. The van der Waals surface area contributed by atoms with Gasteiger partial charge in [0.25, 0.3) is 0 Å². The zero-order valence-corrected chi connectivity index (χ0v) is 8.88. The molecule has 0 unspecified atom stereocenters. The molecule has 0 saturated heterocycles. The number of rotatable bonds is 2. The average Bonchev–Trinajstić information content (AvgIpc) is 2.36. The van der Waals surface area contributed by atoms with Gasteiger partial charge < -0.3 is 0 Å². The van der Waals surface area contributed by atoms with Crippen molar-refractivity contribution in [2.24, 2.45) is 0 Å². The van der Waals surface area contributed by atoms with Crippen molar-refractivity contribution >= 4 is 6.29 Å². The van der Waals surface area contributed by atoms with Gasteiger partial charge in [-0.05, 0) is 23.8 Å². The van der Waals surface area contributed by atoms with Crippen LogP contribution in [0.2, 0.25) is 0 Å². The summed E-state index contributed by atoms with van der Waals surface area (Å²) in [7, 11) is 0. The zero-order valence-electron chi connectivity index (χ0n) is 8.88. The van der Waals surface area contributed by atoms with Gasteiger partial charge >= 0.3 is 0 Å². The van der Waals surface area contributed by atoms with Crippen LogP contribution in [-0.2, 0) is 0 Å². The van der Waals surface area contributed by atoms with Crippen LogP contribution in [0, 0.1) is 23.3 Å². The third-order valence-electron chi connectivity index (χ3n) is 2.50. The minimum Gasteiger partial charge on any atom is -0.298 e. The van der Waals surface area contributed by atoms with Crippen LogP contribution in [0.1, 0.15) is 10.4 Å². The maximum Gasteiger partial charge on any atom is 0.195 e. The van der Waals surface area contributed by atoms with Crippen LogP contribution in [0.4, 0.5) is 17.6 Å². The first-order valence-corrected chi connectivity index (χ1v) is 4.94. The van der Waals surface area contributed by atoms with Crippen molar-refractivity contribution < 1.29 is 22.4 Å². The number of carbonyl (C=O) groups is 1. The molecule has 0 saturated carbocycles. The van der Waals surface area contributed by atoms with Crippen LogP contribution >= 0.6 is 0 Å². The lowest BCUT2D eigenvalue weighted by molar-refractivity contribution is 0.112. The Balaban J connectivity index is 2.74. The Morgan fingerprint density at radius 3 is 2.17 bits per heavy atom. The minimum atomic E-state index is -1.66. The lowest BCUT2D eigenvalue weighted by Gasteiger charge is -2.08. The second kappa shape index (κ2) is 4.60. The van der Waals surface area contributed by atoms with E-state index in [1.807, 2.05) is 0 Å². The summed E-state index contributed by atoms with van der Waals surface area (Å²) >= 11 is 0. The number of hydrogen-bond acceptors (Lipinski definition) is 1. The zero-order chi connectivity index (χ0) is 13.3. The molecule has 0 aliphatic heterocycles. The smallest absolute Gasteiger partial charge is 0.195 e. The molecule has 0 N–H and O–H groups in total. The molecule has 1 nitrogen and oxygen atoms in total. The highest BCUT2D eigenvalue weighted by Gasteiger charge is 2.18. The Bertz CT molecular complexity index is 623. The Labute approximate surface area is 99.7 Å². The largest absolute Gasteiger partial charge is 0.298 e. The van der Waals surface area contributed by atoms with E-state index in [0.717, 1.165) is 12.1 Å². The van der Waals surface area contributed by atoms with E-state index in [0.29, 0.717) is 6.07 Å². The molecule has 2 aromatic carbocycles. The second-order valence-corrected chi connectivity index (χ2v) is 3.54. The molecule has 0 amide bonds. The second-order valence-electron chi connectivity index (χ2n) is 3.54. The highest BCUT2D eigenvalue weighted by Crippen LogP contribution is 2.29. The predicted molar refractivity (Wildman–Crippen MR) is 57.1 cm³/mol. The van der Waals surface area contributed by atoms with E-state index >= 15 is 0 Å². The number of carbonyl (C=O) groups excluding carboxylic acids is 1. The first-order valence-electron chi connectivity index (χ1n) is 4.94. The molecule has 0 spiro atoms. The Hall–Kier alpha value is -2.17. The topological polar surface area (TPSA) is 17.1 Å². The fourth-order valence-corrected chi connectivity index (χ4v) is 1.63. The number of aldehydes is 1. The molecule has 18 heavy (non-hydrogen) atoms. The predicted octanol–water partition coefficient (Wildman–Crippen LogP) is 3.72. The van der Waals surface area contributed by atoms with Crippen LogP contribution in [0.3, 0.4) is 0 Å². The van der Waals surface area contributed by atoms with E-state index in [2.05, 4.69) is 0 Å². The molecule has 0 fully saturated rings. The minimum absolute atomic E-state index is 0.124. The van der Waals surface area contributed by atoms with Crippen molar-refractivity contribution in [3.05, 3.63) is 59.2 Å². The maximum atomic E-state index is 13.5. The molecule has 0 aliphatic carbocycles. The molecule has 2 rings (SSSR count). The van der Waals surface area contributed by atoms with E-state index in [9.17, 15) is 22.4 Å². The molecule has 92 valence electrons. The fraction of sp³-hybridized carbons (Fsp3) is 0. The highest BCUT2D eigenvalue weighted by molar-refractivity contribution is 5.88. The van der Waals surface area contributed by atoms with Gasteiger partial charge in [-0.3, -0.25) is 4.79 Å². The van der Waals surface area contributed by atoms with Crippen molar-refractivity contribution in [1.29, 1.82) is 0 Å². The lowest BCUT2D eigenvalue weighted by atomic mass is 9.99. The van der Waals surface area contributed by atoms with Gasteiger partial charge in [0, 0.05) is 5.56 Å². The molecular weight excluding hydrogens is 248 g/mol. The summed E-state index contributed by atoms with van der Waals surface area (Å²) < 4.78 is 52.7. The third-order valence-corrected chi connectivity index (χ3v) is 2.50. The van der Waals surface area contributed by atoms with Crippen molar-refractivity contribution in [1.82, 2.24) is 0 Å². The van der Waals surface area contributed by atoms with E-state index in [-0.39, 0.29) is 17.4 Å². The van der Waals surface area contributed by atoms with Crippen LogP contribution in [0.15, 0.2) is 30.3 Å². The standard InChI is InChI=1S/C13H6F4O/c14-10-3-1-2-7(9(10)6-18)8-4-5-11(15)13(17)12(8)16/h1-6H. The van der Waals surface area contributed by atoms with Crippen molar-refractivity contribution in [3.8, 4) is 11.1 Å². The molecule has 0 atom stereocenters. The van der Waals surface area contributed by atoms with Gasteiger partial charge in [0.2, 0.25) is 0 Å². The summed E-state index contributed by atoms with van der Waals surface area (Å²) in [5.41, 5.74) is -0.890. The van der Waals surface area contributed by atoms with Crippen LogP contribution < -0.4 is 0 Å². The third kappa shape index (κ3) is 1.88. The van der Waals surface area contributed by atoms with Gasteiger partial charge in [0.05, 0.1) is 5.56 Å². The van der Waals surface area contributed by atoms with Gasteiger partial charge in [0.15, 0.2) is 23.7 Å². The molecular formula is C13H6F4O. The summed E-state index contributed by atoms with van der Waals surface area (Å²) in [6, 6.07) is 5.19. The highest BCUT2D eigenvalue weighted by atomic mass is 19.2. The molecule has 0 aromatic heterocycles. The monoisotopic (exact) mass is 254 g/mol. The molecule has 0 aliphatic rings. The number of hydrogen-bond donors (Lipinski definition) is 0. The molecule has 0 bridgehead atoms. The average molecular weight is 254 g/mol. The van der Waals surface area contributed by atoms with Gasteiger partial charge in [-0.1, -0.05) is 12.1 Å².